The molecule has 11 N–H and O–H groups in total. The van der Waals surface area contributed by atoms with E-state index in [9.17, 15) is 61.0 Å². The van der Waals surface area contributed by atoms with Crippen molar-refractivity contribution in [1.82, 2.24) is 0 Å². The highest BCUT2D eigenvalue weighted by atomic mass is 16.8. The van der Waals surface area contributed by atoms with Gasteiger partial charge in [-0.2, -0.15) is 0 Å². The van der Waals surface area contributed by atoms with Crippen LogP contribution >= 0.6 is 0 Å². The van der Waals surface area contributed by atoms with Crippen LogP contribution in [0.3, 0.4) is 0 Å². The molecule has 0 radical (unpaired) electrons. The third kappa shape index (κ3) is 9.63. The Morgan fingerprint density at radius 3 is 2.04 bits per heavy atom. The van der Waals surface area contributed by atoms with Crippen molar-refractivity contribution < 1.29 is 89.4 Å². The first kappa shape index (κ1) is 42.2. The van der Waals surface area contributed by atoms with E-state index in [0.717, 1.165) is 0 Å². The molecule has 54 heavy (non-hydrogen) atoms. The molecule has 0 aromatic carbocycles. The average molecular weight is 779 g/mol. The van der Waals surface area contributed by atoms with E-state index >= 15 is 0 Å². The minimum atomic E-state index is -1.88. The van der Waals surface area contributed by atoms with Gasteiger partial charge in [0.25, 0.3) is 0 Å². The van der Waals surface area contributed by atoms with Gasteiger partial charge >= 0.3 is 5.97 Å². The van der Waals surface area contributed by atoms with E-state index in [0.29, 0.717) is 32.1 Å². The number of allylic oxidation sites excluding steroid dienone is 1. The summed E-state index contributed by atoms with van der Waals surface area (Å²) < 4.78 is 36.0. The van der Waals surface area contributed by atoms with Crippen molar-refractivity contribution in [2.45, 2.75) is 174 Å². The summed E-state index contributed by atoms with van der Waals surface area (Å²) >= 11 is 0. The van der Waals surface area contributed by atoms with E-state index in [-0.39, 0.29) is 50.0 Å². The summed E-state index contributed by atoms with van der Waals surface area (Å²) in [6.07, 6.45) is -16.1. The number of rotatable bonds is 10. The van der Waals surface area contributed by atoms with Crippen LogP contribution in [0, 0.1) is 17.8 Å². The van der Waals surface area contributed by atoms with E-state index < -0.39 is 129 Å². The molecule has 18 nitrogen and oxygen atoms in total. The lowest BCUT2D eigenvalue weighted by molar-refractivity contribution is -0.379. The van der Waals surface area contributed by atoms with Gasteiger partial charge in [-0.1, -0.05) is 6.08 Å². The molecule has 18 heteroatoms. The lowest BCUT2D eigenvalue weighted by Crippen LogP contribution is -2.66. The molecule has 3 aliphatic heterocycles. The van der Waals surface area contributed by atoms with E-state index in [2.05, 4.69) is 0 Å². The minimum absolute atomic E-state index is 0.0853. The van der Waals surface area contributed by atoms with Gasteiger partial charge in [0.05, 0.1) is 55.4 Å². The smallest absolute Gasteiger partial charge is 0.330 e. The molecule has 310 valence electrons. The maximum absolute atomic E-state index is 12.7. The molecule has 0 aromatic rings. The quantitative estimate of drug-likeness (QED) is 0.0756. The number of hydrogen-bond donors (Lipinski definition) is 11. The fourth-order valence-electron chi connectivity index (χ4n) is 8.93. The summed E-state index contributed by atoms with van der Waals surface area (Å²) in [6, 6.07) is 0. The Balaban J connectivity index is 1.23. The summed E-state index contributed by atoms with van der Waals surface area (Å²) in [6.45, 7) is -1.29. The summed E-state index contributed by atoms with van der Waals surface area (Å²) in [7, 11) is 0. The van der Waals surface area contributed by atoms with Crippen LogP contribution in [0.4, 0.5) is 0 Å². The summed E-state index contributed by atoms with van der Waals surface area (Å²) in [5.41, 5.74) is 0. The van der Waals surface area contributed by atoms with Crippen LogP contribution in [0.1, 0.15) is 64.2 Å². The van der Waals surface area contributed by atoms with Gasteiger partial charge in [0, 0.05) is 12.0 Å². The zero-order valence-electron chi connectivity index (χ0n) is 30.0. The molecule has 0 bridgehead atoms. The van der Waals surface area contributed by atoms with Gasteiger partial charge in [0.2, 0.25) is 0 Å². The number of carbonyl (C=O) groups is 1. The van der Waals surface area contributed by atoms with Gasteiger partial charge in [0.15, 0.2) is 12.6 Å². The predicted molar refractivity (Wildman–Crippen MR) is 180 cm³/mol. The van der Waals surface area contributed by atoms with Crippen molar-refractivity contribution in [2.24, 2.45) is 17.8 Å². The number of carbonyl (C=O) groups excluding carboxylic acids is 1. The van der Waals surface area contributed by atoms with Gasteiger partial charge in [-0.25, -0.2) is 4.79 Å². The summed E-state index contributed by atoms with van der Waals surface area (Å²) in [5.74, 6) is -1.50. The van der Waals surface area contributed by atoms with Crippen LogP contribution in [0.25, 0.3) is 0 Å². The topological polar surface area (TPSA) is 295 Å². The SMILES string of the molecule is O=C(C=CC1CCC(O)CC1)OCC1OC(OC2CC3C(O)CC(O)CC3OC2C2CCC(O)C(O)C2)C(OC2OC(CO)C(O)C(O)C2O)C(O)C1O. The maximum atomic E-state index is 12.7. The fraction of sp³-hybridized carbons (Fsp3) is 0.917. The number of esters is 1. The molecule has 19 unspecified atom stereocenters. The van der Waals surface area contributed by atoms with Gasteiger partial charge in [-0.15, -0.1) is 0 Å². The van der Waals surface area contributed by atoms with Gasteiger partial charge in [-0.05, 0) is 76.0 Å². The molecule has 6 aliphatic rings. The molecule has 6 rings (SSSR count). The molecule has 19 atom stereocenters. The number of fused-ring (bicyclic) bond motifs is 1. The maximum Gasteiger partial charge on any atom is 0.330 e. The first-order valence-electron chi connectivity index (χ1n) is 19.3. The van der Waals surface area contributed by atoms with E-state index in [1.165, 1.54) is 6.08 Å². The Hall–Kier alpha value is -1.43. The van der Waals surface area contributed by atoms with Crippen molar-refractivity contribution >= 4 is 5.97 Å². The third-order valence-electron chi connectivity index (χ3n) is 12.2. The number of aliphatic hydroxyl groups excluding tert-OH is 11. The second-order valence-electron chi connectivity index (χ2n) is 16.0. The molecule has 3 saturated heterocycles. The molecule has 0 spiro atoms. The van der Waals surface area contributed by atoms with Crippen molar-refractivity contribution in [3.05, 3.63) is 12.2 Å². The van der Waals surface area contributed by atoms with Crippen molar-refractivity contribution in [1.29, 1.82) is 0 Å². The lowest BCUT2D eigenvalue weighted by Gasteiger charge is -2.51. The number of hydrogen-bond acceptors (Lipinski definition) is 18. The largest absolute Gasteiger partial charge is 0.460 e. The number of aliphatic hydroxyl groups is 11. The fourth-order valence-corrected chi connectivity index (χ4v) is 8.93. The molecular formula is C36H58O18. The average Bonchev–Trinajstić information content (AvgIpc) is 3.14. The Morgan fingerprint density at radius 1 is 0.630 bits per heavy atom. The van der Waals surface area contributed by atoms with Gasteiger partial charge < -0.3 is 84.6 Å². The second kappa shape index (κ2) is 18.4. The Bertz CT molecular complexity index is 1230. The first-order valence-corrected chi connectivity index (χ1v) is 19.3. The molecule has 0 aromatic heterocycles. The van der Waals surface area contributed by atoms with Crippen LogP contribution in [0.5, 0.6) is 0 Å². The zero-order valence-corrected chi connectivity index (χ0v) is 30.0. The Morgan fingerprint density at radius 2 is 1.33 bits per heavy atom. The minimum Gasteiger partial charge on any atom is -0.460 e. The van der Waals surface area contributed by atoms with E-state index in [4.69, 9.17) is 28.4 Å². The summed E-state index contributed by atoms with van der Waals surface area (Å²) in [5, 5.41) is 116. The molecule has 3 aliphatic carbocycles. The molecule has 3 heterocycles. The highest BCUT2D eigenvalue weighted by Gasteiger charge is 2.54. The van der Waals surface area contributed by atoms with Crippen molar-refractivity contribution in [3.63, 3.8) is 0 Å². The van der Waals surface area contributed by atoms with Crippen molar-refractivity contribution in [3.8, 4) is 0 Å². The van der Waals surface area contributed by atoms with Crippen LogP contribution in [0.2, 0.25) is 0 Å². The second-order valence-corrected chi connectivity index (χ2v) is 16.0. The standard InChI is InChI=1S/C36H58O18/c37-13-25-28(44)30(46)32(48)35(52-25)54-34-31(47)29(45)26(14-49-27(43)8-3-15-1-5-17(38)6-2-15)53-36(34)51-24-12-19-21(41)10-18(39)11-23(19)50-33(24)16-4-7-20(40)22(42)9-16/h3,8,15-26,28-42,44-48H,1-2,4-7,9-14H2. The zero-order chi connectivity index (χ0) is 38.8. The Labute approximate surface area is 312 Å². The number of ether oxygens (including phenoxy) is 6. The third-order valence-corrected chi connectivity index (χ3v) is 12.2. The molecule has 0 amide bonds. The normalized spacial score (nSPS) is 50.4. The first-order chi connectivity index (χ1) is 25.7. The predicted octanol–water partition coefficient (Wildman–Crippen LogP) is -3.53. The van der Waals surface area contributed by atoms with Crippen LogP contribution in [0.15, 0.2) is 12.2 Å². The van der Waals surface area contributed by atoms with Gasteiger partial charge in [-0.3, -0.25) is 0 Å². The van der Waals surface area contributed by atoms with Crippen molar-refractivity contribution in [2.75, 3.05) is 13.2 Å². The highest BCUT2D eigenvalue weighted by molar-refractivity contribution is 5.81. The lowest BCUT2D eigenvalue weighted by atomic mass is 9.72. The van der Waals surface area contributed by atoms with Crippen LogP contribution in [-0.4, -0.2) is 186 Å². The van der Waals surface area contributed by atoms with E-state index in [1.54, 1.807) is 6.08 Å². The van der Waals surface area contributed by atoms with Crippen LogP contribution in [-0.2, 0) is 33.2 Å². The van der Waals surface area contributed by atoms with Crippen LogP contribution < -0.4 is 0 Å². The highest BCUT2D eigenvalue weighted by Crippen LogP contribution is 2.44. The molecule has 3 saturated carbocycles. The molecular weight excluding hydrogens is 720 g/mol. The monoisotopic (exact) mass is 778 g/mol. The van der Waals surface area contributed by atoms with Gasteiger partial charge in [0.1, 0.15) is 55.4 Å². The molecule has 6 fully saturated rings. The Kier molecular flexibility index (Phi) is 14.4. The summed E-state index contributed by atoms with van der Waals surface area (Å²) in [4.78, 5) is 12.7. The van der Waals surface area contributed by atoms with E-state index in [1.807, 2.05) is 0 Å².